The Hall–Kier alpha value is -2.84. The summed E-state index contributed by atoms with van der Waals surface area (Å²) in [5.41, 5.74) is 1.42. The minimum absolute atomic E-state index is 0.0208. The van der Waals surface area contributed by atoms with Crippen molar-refractivity contribution in [1.82, 2.24) is 14.9 Å². The molecule has 0 unspecified atom stereocenters. The van der Waals surface area contributed by atoms with Crippen molar-refractivity contribution in [1.29, 1.82) is 0 Å². The van der Waals surface area contributed by atoms with E-state index < -0.39 is 0 Å². The number of amides is 1. The number of fused-ring (bicyclic) bond motifs is 2. The van der Waals surface area contributed by atoms with Gasteiger partial charge in [0, 0.05) is 25.1 Å². The Morgan fingerprint density at radius 3 is 2.90 bits per heavy atom. The average molecular weight is 426 g/mol. The Labute approximate surface area is 178 Å². The Morgan fingerprint density at radius 1 is 1.23 bits per heavy atom. The van der Waals surface area contributed by atoms with E-state index in [9.17, 15) is 14.7 Å². The van der Waals surface area contributed by atoms with E-state index in [1.165, 1.54) is 11.8 Å². The fourth-order valence-electron chi connectivity index (χ4n) is 3.54. The Morgan fingerprint density at radius 2 is 2.03 bits per heavy atom. The second-order valence-corrected chi connectivity index (χ2v) is 7.97. The number of aliphatic hydroxyl groups excluding tert-OH is 1. The second-order valence-electron chi connectivity index (χ2n) is 7.03. The van der Waals surface area contributed by atoms with Crippen LogP contribution in [0.3, 0.4) is 0 Å². The predicted octanol–water partition coefficient (Wildman–Crippen LogP) is 2.51. The van der Waals surface area contributed by atoms with E-state index in [4.69, 9.17) is 4.74 Å². The summed E-state index contributed by atoms with van der Waals surface area (Å²) in [5.74, 6) is 0.817. The molecule has 0 spiro atoms. The topological polar surface area (TPSA) is 93.5 Å². The maximum atomic E-state index is 12.9. The summed E-state index contributed by atoms with van der Waals surface area (Å²) in [6, 6.07) is 14.8. The molecule has 0 radical (unpaired) electrons. The van der Waals surface area contributed by atoms with Crippen LogP contribution in [-0.2, 0) is 11.3 Å². The van der Waals surface area contributed by atoms with Crippen molar-refractivity contribution in [2.45, 2.75) is 30.6 Å². The van der Waals surface area contributed by atoms with Crippen LogP contribution in [0.2, 0.25) is 0 Å². The van der Waals surface area contributed by atoms with Crippen molar-refractivity contribution < 1.29 is 14.6 Å². The van der Waals surface area contributed by atoms with Crippen LogP contribution >= 0.6 is 11.8 Å². The molecule has 2 N–H and O–H groups in total. The molecule has 156 valence electrons. The lowest BCUT2D eigenvalue weighted by atomic mass is 10.0. The summed E-state index contributed by atoms with van der Waals surface area (Å²) >= 11 is 1.23. The number of aliphatic hydroxyl groups is 1. The molecule has 8 heteroatoms. The van der Waals surface area contributed by atoms with E-state index in [2.05, 4.69) is 10.3 Å². The van der Waals surface area contributed by atoms with Gasteiger partial charge in [0.15, 0.2) is 5.16 Å². The van der Waals surface area contributed by atoms with Gasteiger partial charge in [-0.25, -0.2) is 4.98 Å². The lowest BCUT2D eigenvalue weighted by molar-refractivity contribution is -0.119. The number of thioether (sulfide) groups is 1. The average Bonchev–Trinajstić information content (AvgIpc) is 2.77. The van der Waals surface area contributed by atoms with Crippen LogP contribution in [0.5, 0.6) is 5.75 Å². The highest BCUT2D eigenvalue weighted by Crippen LogP contribution is 2.31. The van der Waals surface area contributed by atoms with E-state index in [1.807, 2.05) is 30.3 Å². The Kier molecular flexibility index (Phi) is 6.35. The number of hydrogen-bond donors (Lipinski definition) is 2. The maximum absolute atomic E-state index is 12.9. The molecular formula is C22H23N3O4S. The molecule has 1 aromatic heterocycles. The van der Waals surface area contributed by atoms with Crippen LogP contribution in [-0.4, -0.2) is 39.5 Å². The zero-order chi connectivity index (χ0) is 20.9. The summed E-state index contributed by atoms with van der Waals surface area (Å²) in [5, 5.41) is 13.3. The first-order chi connectivity index (χ1) is 14.7. The van der Waals surface area contributed by atoms with Gasteiger partial charge >= 0.3 is 0 Å². The molecule has 0 bridgehead atoms. The number of ether oxygens (including phenoxy) is 1. The Bertz CT molecular complexity index is 1110. The molecule has 2 aromatic carbocycles. The van der Waals surface area contributed by atoms with Crippen molar-refractivity contribution in [2.75, 3.05) is 19.0 Å². The van der Waals surface area contributed by atoms with Gasteiger partial charge in [0.05, 0.1) is 29.3 Å². The summed E-state index contributed by atoms with van der Waals surface area (Å²) < 4.78 is 7.19. The van der Waals surface area contributed by atoms with Gasteiger partial charge in [-0.15, -0.1) is 0 Å². The highest BCUT2D eigenvalue weighted by Gasteiger charge is 2.23. The zero-order valence-electron chi connectivity index (χ0n) is 16.4. The first kappa shape index (κ1) is 20.4. The van der Waals surface area contributed by atoms with E-state index in [1.54, 1.807) is 22.8 Å². The third kappa shape index (κ3) is 4.34. The highest BCUT2D eigenvalue weighted by atomic mass is 32.2. The number of benzene rings is 2. The van der Waals surface area contributed by atoms with Crippen LogP contribution in [0.4, 0.5) is 0 Å². The fourth-order valence-corrected chi connectivity index (χ4v) is 4.38. The Balaban J connectivity index is 1.50. The van der Waals surface area contributed by atoms with Crippen molar-refractivity contribution in [3.8, 4) is 5.75 Å². The summed E-state index contributed by atoms with van der Waals surface area (Å²) in [7, 11) is 0. The molecule has 0 saturated heterocycles. The van der Waals surface area contributed by atoms with Crippen LogP contribution in [0.1, 0.15) is 24.4 Å². The van der Waals surface area contributed by atoms with Gasteiger partial charge in [-0.1, -0.05) is 42.1 Å². The van der Waals surface area contributed by atoms with Crippen LogP contribution in [0, 0.1) is 0 Å². The quantitative estimate of drug-likeness (QED) is 0.446. The fraction of sp³-hybridized carbons (Fsp3) is 0.318. The van der Waals surface area contributed by atoms with Crippen LogP contribution in [0.15, 0.2) is 58.5 Å². The van der Waals surface area contributed by atoms with Gasteiger partial charge in [-0.2, -0.15) is 0 Å². The smallest absolute Gasteiger partial charge is 0.262 e. The van der Waals surface area contributed by atoms with Crippen molar-refractivity contribution in [3.05, 3.63) is 64.4 Å². The van der Waals surface area contributed by atoms with E-state index in [0.29, 0.717) is 42.1 Å². The molecule has 1 aliphatic rings. The summed E-state index contributed by atoms with van der Waals surface area (Å²) in [6.07, 6.45) is 1.15. The zero-order valence-corrected chi connectivity index (χ0v) is 17.2. The summed E-state index contributed by atoms with van der Waals surface area (Å²) in [4.78, 5) is 30.1. The number of aromatic nitrogens is 2. The lowest BCUT2D eigenvalue weighted by Gasteiger charge is -2.26. The molecule has 1 aliphatic heterocycles. The number of nitrogens with zero attached hydrogens (tertiary/aromatic N) is 2. The highest BCUT2D eigenvalue weighted by molar-refractivity contribution is 7.99. The number of rotatable bonds is 7. The number of hydrogen-bond acceptors (Lipinski definition) is 6. The largest absolute Gasteiger partial charge is 0.493 e. The lowest BCUT2D eigenvalue weighted by Crippen LogP contribution is -2.33. The number of nitrogens with one attached hydrogen (secondary N) is 1. The summed E-state index contributed by atoms with van der Waals surface area (Å²) in [6.45, 7) is 0.888. The third-order valence-electron chi connectivity index (χ3n) is 4.99. The SMILES string of the molecule is O=C(CSc1nc2ccccc2c(=O)n1CCCO)N[C@H]1CCOc2ccccc21. The van der Waals surface area contributed by atoms with Gasteiger partial charge in [0.25, 0.3) is 5.56 Å². The van der Waals surface area contributed by atoms with Crippen molar-refractivity contribution >= 4 is 28.6 Å². The number of carbonyl (C=O) groups excluding carboxylic acids is 1. The van der Waals surface area contributed by atoms with Crippen molar-refractivity contribution in [2.24, 2.45) is 0 Å². The molecule has 4 rings (SSSR count). The first-order valence-corrected chi connectivity index (χ1v) is 10.9. The predicted molar refractivity (Wildman–Crippen MR) is 116 cm³/mol. The monoisotopic (exact) mass is 425 g/mol. The van der Waals surface area contributed by atoms with E-state index >= 15 is 0 Å². The second kappa shape index (κ2) is 9.32. The molecule has 0 fully saturated rings. The first-order valence-electron chi connectivity index (χ1n) is 9.91. The molecule has 1 amide bonds. The van der Waals surface area contributed by atoms with E-state index in [0.717, 1.165) is 11.3 Å². The van der Waals surface area contributed by atoms with Gasteiger partial charge in [-0.05, 0) is 24.6 Å². The molecule has 0 aliphatic carbocycles. The molecule has 30 heavy (non-hydrogen) atoms. The van der Waals surface area contributed by atoms with Gasteiger partial charge < -0.3 is 15.2 Å². The molecule has 2 heterocycles. The third-order valence-corrected chi connectivity index (χ3v) is 5.97. The standard InChI is InChI=1S/C22H23N3O4S/c26-12-5-11-25-21(28)16-7-1-3-8-17(16)24-22(25)30-14-20(27)23-18-10-13-29-19-9-4-2-6-15(18)19/h1-4,6-9,18,26H,5,10-14H2,(H,23,27)/t18-/m0/s1. The molecule has 3 aromatic rings. The normalized spacial score (nSPS) is 15.4. The van der Waals surface area contributed by atoms with Crippen molar-refractivity contribution in [3.63, 3.8) is 0 Å². The van der Waals surface area contributed by atoms with Crippen LogP contribution < -0.4 is 15.6 Å². The minimum atomic E-state index is -0.157. The van der Waals surface area contributed by atoms with E-state index in [-0.39, 0.29) is 29.9 Å². The maximum Gasteiger partial charge on any atom is 0.262 e. The molecule has 1 atom stereocenters. The van der Waals surface area contributed by atoms with Gasteiger partial charge in [-0.3, -0.25) is 14.2 Å². The number of carbonyl (C=O) groups is 1. The number of para-hydroxylation sites is 2. The van der Waals surface area contributed by atoms with Gasteiger partial charge in [0.1, 0.15) is 5.75 Å². The minimum Gasteiger partial charge on any atom is -0.493 e. The molecular weight excluding hydrogens is 402 g/mol. The van der Waals surface area contributed by atoms with Gasteiger partial charge in [0.2, 0.25) is 5.91 Å². The molecule has 7 nitrogen and oxygen atoms in total. The van der Waals surface area contributed by atoms with Crippen LogP contribution in [0.25, 0.3) is 10.9 Å². The molecule has 0 saturated carbocycles.